The number of hydrogen-bond acceptors (Lipinski definition) is 2. The van der Waals surface area contributed by atoms with Gasteiger partial charge in [-0.3, -0.25) is 0 Å². The number of thioether (sulfide) groups is 1. The summed E-state index contributed by atoms with van der Waals surface area (Å²) in [6.07, 6.45) is 4.21. The predicted molar refractivity (Wildman–Crippen MR) is 58.2 cm³/mol. The van der Waals surface area contributed by atoms with Gasteiger partial charge in [0.1, 0.15) is 0 Å². The number of carboxylic acid groups (broad SMARTS) is 1. The maximum atomic E-state index is 10.5. The molecule has 0 aliphatic heterocycles. The van der Waals surface area contributed by atoms with Crippen LogP contribution in [0.4, 0.5) is 0 Å². The molecule has 0 aliphatic carbocycles. The zero-order chi connectivity index (χ0) is 10.3. The van der Waals surface area contributed by atoms with Gasteiger partial charge in [0.05, 0.1) is 0 Å². The van der Waals surface area contributed by atoms with Crippen LogP contribution in [0, 0.1) is 0 Å². The largest absolute Gasteiger partial charge is 0.478 e. The number of carboxylic acids is 1. The fourth-order valence-electron chi connectivity index (χ4n) is 0.885. The maximum absolute atomic E-state index is 10.5. The van der Waals surface area contributed by atoms with Gasteiger partial charge < -0.3 is 5.11 Å². The van der Waals surface area contributed by atoms with Gasteiger partial charge in [0.2, 0.25) is 0 Å². The van der Waals surface area contributed by atoms with Crippen LogP contribution < -0.4 is 0 Å². The van der Waals surface area contributed by atoms with E-state index in [1.807, 2.05) is 13.0 Å². The predicted octanol–water partition coefficient (Wildman–Crippen LogP) is 2.94. The zero-order valence-corrected chi connectivity index (χ0v) is 9.36. The third-order valence-corrected chi connectivity index (χ3v) is 2.89. The highest BCUT2D eigenvalue weighted by molar-refractivity contribution is 8.00. The molecule has 0 saturated carbocycles. The standard InChI is InChI=1S/C10H18O2S/c1-4-5-6-13-9(3)7-8(2)10(11)12/h7,9H,4-6H2,1-3H3,(H,11,12). The Kier molecular flexibility index (Phi) is 6.77. The number of carbonyl (C=O) groups is 1. The van der Waals surface area contributed by atoms with Crippen LogP contribution in [-0.4, -0.2) is 22.1 Å². The summed E-state index contributed by atoms with van der Waals surface area (Å²) in [5.74, 6) is 0.295. The second-order valence-corrected chi connectivity index (χ2v) is 4.57. The monoisotopic (exact) mass is 202 g/mol. The summed E-state index contributed by atoms with van der Waals surface area (Å²) in [6.45, 7) is 5.83. The Balaban J connectivity index is 3.78. The molecule has 2 nitrogen and oxygen atoms in total. The smallest absolute Gasteiger partial charge is 0.330 e. The van der Waals surface area contributed by atoms with E-state index in [-0.39, 0.29) is 0 Å². The van der Waals surface area contributed by atoms with Crippen molar-refractivity contribution in [3.63, 3.8) is 0 Å². The van der Waals surface area contributed by atoms with Gasteiger partial charge in [0.25, 0.3) is 0 Å². The van der Waals surface area contributed by atoms with Crippen LogP contribution in [0.15, 0.2) is 11.6 Å². The minimum atomic E-state index is -0.817. The minimum absolute atomic E-state index is 0.308. The van der Waals surface area contributed by atoms with E-state index in [4.69, 9.17) is 5.11 Å². The molecule has 0 heterocycles. The van der Waals surface area contributed by atoms with Crippen molar-refractivity contribution in [3.8, 4) is 0 Å². The number of rotatable bonds is 6. The third-order valence-electron chi connectivity index (χ3n) is 1.70. The second kappa shape index (κ2) is 7.01. The molecule has 13 heavy (non-hydrogen) atoms. The Bertz CT molecular complexity index is 187. The summed E-state index contributed by atoms with van der Waals surface area (Å²) in [6, 6.07) is 0. The van der Waals surface area contributed by atoms with E-state index in [9.17, 15) is 4.79 Å². The Morgan fingerprint density at radius 3 is 2.69 bits per heavy atom. The topological polar surface area (TPSA) is 37.3 Å². The first kappa shape index (κ1) is 12.6. The highest BCUT2D eigenvalue weighted by Gasteiger charge is 2.03. The van der Waals surface area contributed by atoms with E-state index in [1.54, 1.807) is 18.7 Å². The van der Waals surface area contributed by atoms with Gasteiger partial charge in [-0.1, -0.05) is 19.4 Å². The van der Waals surface area contributed by atoms with E-state index in [0.29, 0.717) is 10.8 Å². The average Bonchev–Trinajstić information content (AvgIpc) is 2.04. The van der Waals surface area contributed by atoms with Gasteiger partial charge >= 0.3 is 5.97 Å². The SMILES string of the molecule is CCCCSC(C)C=C(C)C(=O)O. The van der Waals surface area contributed by atoms with Crippen molar-refractivity contribution in [3.05, 3.63) is 11.6 Å². The summed E-state index contributed by atoms with van der Waals surface area (Å²) in [5, 5.41) is 8.93. The Labute approximate surface area is 84.4 Å². The molecule has 0 rings (SSSR count). The molecule has 0 bridgehead atoms. The first-order chi connectivity index (χ1) is 6.07. The molecule has 0 radical (unpaired) electrons. The molecule has 1 unspecified atom stereocenters. The summed E-state index contributed by atoms with van der Waals surface area (Å²) < 4.78 is 0. The number of hydrogen-bond donors (Lipinski definition) is 1. The molecular weight excluding hydrogens is 184 g/mol. The van der Waals surface area contributed by atoms with Crippen LogP contribution >= 0.6 is 11.8 Å². The van der Waals surface area contributed by atoms with Gasteiger partial charge in [0, 0.05) is 10.8 Å². The van der Waals surface area contributed by atoms with Crippen molar-refractivity contribution >= 4 is 17.7 Å². The fraction of sp³-hybridized carbons (Fsp3) is 0.700. The van der Waals surface area contributed by atoms with Crippen LogP contribution in [0.5, 0.6) is 0 Å². The Hall–Kier alpha value is -0.440. The molecule has 0 aliphatic rings. The van der Waals surface area contributed by atoms with Crippen molar-refractivity contribution in [1.29, 1.82) is 0 Å². The quantitative estimate of drug-likeness (QED) is 0.531. The van der Waals surface area contributed by atoms with Crippen LogP contribution in [-0.2, 0) is 4.79 Å². The lowest BCUT2D eigenvalue weighted by Crippen LogP contribution is -2.01. The van der Waals surface area contributed by atoms with E-state index in [2.05, 4.69) is 6.92 Å². The van der Waals surface area contributed by atoms with Gasteiger partial charge in [-0.25, -0.2) is 4.79 Å². The number of aliphatic carboxylic acids is 1. The average molecular weight is 202 g/mol. The van der Waals surface area contributed by atoms with Crippen molar-refractivity contribution in [2.75, 3.05) is 5.75 Å². The molecule has 0 aromatic rings. The van der Waals surface area contributed by atoms with Crippen LogP contribution in [0.2, 0.25) is 0 Å². The second-order valence-electron chi connectivity index (χ2n) is 3.08. The molecule has 0 aromatic heterocycles. The summed E-state index contributed by atoms with van der Waals surface area (Å²) in [5.41, 5.74) is 0.441. The van der Waals surface area contributed by atoms with Crippen molar-refractivity contribution in [2.24, 2.45) is 0 Å². The van der Waals surface area contributed by atoms with Gasteiger partial charge in [-0.2, -0.15) is 11.8 Å². The lowest BCUT2D eigenvalue weighted by molar-refractivity contribution is -0.132. The minimum Gasteiger partial charge on any atom is -0.478 e. The molecule has 0 amide bonds. The third kappa shape index (κ3) is 6.70. The van der Waals surface area contributed by atoms with Gasteiger partial charge in [-0.15, -0.1) is 0 Å². The highest BCUT2D eigenvalue weighted by Crippen LogP contribution is 2.15. The molecule has 1 N–H and O–H groups in total. The summed E-state index contributed by atoms with van der Waals surface area (Å²) in [4.78, 5) is 10.5. The summed E-state index contributed by atoms with van der Waals surface area (Å²) >= 11 is 1.81. The van der Waals surface area contributed by atoms with Gasteiger partial charge in [0.15, 0.2) is 0 Å². The van der Waals surface area contributed by atoms with Crippen molar-refractivity contribution in [1.82, 2.24) is 0 Å². The molecular formula is C10H18O2S. The maximum Gasteiger partial charge on any atom is 0.330 e. The van der Waals surface area contributed by atoms with E-state index in [1.165, 1.54) is 12.8 Å². The molecule has 0 spiro atoms. The number of unbranched alkanes of at least 4 members (excludes halogenated alkanes) is 1. The van der Waals surface area contributed by atoms with Crippen molar-refractivity contribution < 1.29 is 9.90 Å². The first-order valence-corrected chi connectivity index (χ1v) is 5.66. The Morgan fingerprint density at radius 1 is 1.62 bits per heavy atom. The highest BCUT2D eigenvalue weighted by atomic mass is 32.2. The van der Waals surface area contributed by atoms with Crippen molar-refractivity contribution in [2.45, 2.75) is 38.9 Å². The molecule has 76 valence electrons. The fourth-order valence-corrected chi connectivity index (χ4v) is 2.01. The van der Waals surface area contributed by atoms with E-state index < -0.39 is 5.97 Å². The van der Waals surface area contributed by atoms with Crippen LogP contribution in [0.25, 0.3) is 0 Å². The normalized spacial score (nSPS) is 14.2. The van der Waals surface area contributed by atoms with Gasteiger partial charge in [-0.05, 0) is 26.0 Å². The van der Waals surface area contributed by atoms with E-state index in [0.717, 1.165) is 5.75 Å². The molecule has 0 saturated heterocycles. The lowest BCUT2D eigenvalue weighted by atomic mass is 10.2. The van der Waals surface area contributed by atoms with Crippen LogP contribution in [0.3, 0.4) is 0 Å². The summed E-state index contributed by atoms with van der Waals surface area (Å²) in [7, 11) is 0. The lowest BCUT2D eigenvalue weighted by Gasteiger charge is -2.05. The first-order valence-electron chi connectivity index (χ1n) is 4.61. The zero-order valence-electron chi connectivity index (χ0n) is 8.54. The Morgan fingerprint density at radius 2 is 2.23 bits per heavy atom. The molecule has 1 atom stereocenters. The molecule has 3 heteroatoms. The van der Waals surface area contributed by atoms with E-state index >= 15 is 0 Å². The molecule has 0 fully saturated rings. The van der Waals surface area contributed by atoms with Crippen LogP contribution in [0.1, 0.15) is 33.6 Å². The molecule has 0 aromatic carbocycles.